The number of hydrogen-bond acceptors (Lipinski definition) is 6. The second kappa shape index (κ2) is 6.30. The number of anilines is 2. The molecule has 3 heterocycles. The molecule has 0 aliphatic carbocycles. The van der Waals surface area contributed by atoms with Gasteiger partial charge in [-0.1, -0.05) is 6.92 Å². The van der Waals surface area contributed by atoms with Crippen LogP contribution in [0.4, 0.5) is 11.8 Å². The minimum absolute atomic E-state index is 0.659. The molecular formula is C13H20N6S. The Kier molecular flexibility index (Phi) is 4.25. The van der Waals surface area contributed by atoms with Crippen molar-refractivity contribution < 1.29 is 0 Å². The number of hydrogen-bond donors (Lipinski definition) is 3. The SMILES string of the molecule is CCCNc1nc(NCC2CCSC2)c2cn[nH]c2n1. The Morgan fingerprint density at radius 3 is 3.15 bits per heavy atom. The lowest BCUT2D eigenvalue weighted by Gasteiger charge is -2.12. The molecule has 1 fully saturated rings. The van der Waals surface area contributed by atoms with Gasteiger partial charge in [0.25, 0.3) is 0 Å². The van der Waals surface area contributed by atoms with E-state index >= 15 is 0 Å². The fraction of sp³-hybridized carbons (Fsp3) is 0.615. The third kappa shape index (κ3) is 2.98. The number of H-pyrrole nitrogens is 1. The van der Waals surface area contributed by atoms with Gasteiger partial charge in [-0.2, -0.15) is 26.8 Å². The van der Waals surface area contributed by atoms with E-state index in [0.717, 1.165) is 42.3 Å². The van der Waals surface area contributed by atoms with Crippen molar-refractivity contribution in [3.8, 4) is 0 Å². The number of aromatic nitrogens is 4. The van der Waals surface area contributed by atoms with Gasteiger partial charge in [-0.15, -0.1) is 0 Å². The zero-order chi connectivity index (χ0) is 13.8. The molecule has 2 aromatic heterocycles. The van der Waals surface area contributed by atoms with E-state index in [2.05, 4.69) is 37.7 Å². The van der Waals surface area contributed by atoms with Gasteiger partial charge >= 0.3 is 0 Å². The van der Waals surface area contributed by atoms with Gasteiger partial charge in [0.1, 0.15) is 5.82 Å². The van der Waals surface area contributed by atoms with Crippen molar-refractivity contribution in [1.82, 2.24) is 20.2 Å². The van der Waals surface area contributed by atoms with Crippen molar-refractivity contribution in [2.24, 2.45) is 5.92 Å². The summed E-state index contributed by atoms with van der Waals surface area (Å²) in [6, 6.07) is 0. The number of thioether (sulfide) groups is 1. The zero-order valence-corrected chi connectivity index (χ0v) is 12.5. The van der Waals surface area contributed by atoms with E-state index in [1.807, 2.05) is 11.8 Å². The molecule has 1 atom stereocenters. The zero-order valence-electron chi connectivity index (χ0n) is 11.6. The van der Waals surface area contributed by atoms with Crippen molar-refractivity contribution >= 4 is 34.6 Å². The van der Waals surface area contributed by atoms with E-state index in [0.29, 0.717) is 5.95 Å². The lowest BCUT2D eigenvalue weighted by Crippen LogP contribution is -2.15. The van der Waals surface area contributed by atoms with E-state index in [4.69, 9.17) is 0 Å². The standard InChI is InChI=1S/C13H20N6S/c1-2-4-14-13-17-11(10-7-16-19-12(10)18-13)15-6-9-3-5-20-8-9/h7,9H,2-6,8H2,1H3,(H3,14,15,16,17,18,19). The first-order valence-corrected chi connectivity index (χ1v) is 8.29. The van der Waals surface area contributed by atoms with Crippen LogP contribution >= 0.6 is 11.8 Å². The van der Waals surface area contributed by atoms with Crippen LogP contribution < -0.4 is 10.6 Å². The lowest BCUT2D eigenvalue weighted by molar-refractivity contribution is 0.631. The minimum atomic E-state index is 0.659. The van der Waals surface area contributed by atoms with Crippen molar-refractivity contribution in [2.75, 3.05) is 35.2 Å². The topological polar surface area (TPSA) is 78.5 Å². The molecule has 7 heteroatoms. The van der Waals surface area contributed by atoms with Crippen LogP contribution in [0.15, 0.2) is 6.20 Å². The van der Waals surface area contributed by atoms with Crippen LogP contribution in [0.3, 0.4) is 0 Å². The Balaban J connectivity index is 1.77. The first-order valence-electron chi connectivity index (χ1n) is 7.13. The van der Waals surface area contributed by atoms with Crippen LogP contribution in [-0.2, 0) is 0 Å². The summed E-state index contributed by atoms with van der Waals surface area (Å²) in [5.41, 5.74) is 0.780. The lowest BCUT2D eigenvalue weighted by atomic mass is 10.1. The first kappa shape index (κ1) is 13.5. The van der Waals surface area contributed by atoms with E-state index in [1.165, 1.54) is 17.9 Å². The molecule has 3 rings (SSSR count). The van der Waals surface area contributed by atoms with Gasteiger partial charge in [0.2, 0.25) is 5.95 Å². The van der Waals surface area contributed by atoms with Gasteiger partial charge < -0.3 is 10.6 Å². The number of nitrogens with zero attached hydrogens (tertiary/aromatic N) is 3. The molecule has 0 aromatic carbocycles. The molecule has 6 nitrogen and oxygen atoms in total. The highest BCUT2D eigenvalue weighted by Crippen LogP contribution is 2.25. The smallest absolute Gasteiger partial charge is 0.226 e. The van der Waals surface area contributed by atoms with Gasteiger partial charge in [-0.05, 0) is 30.3 Å². The third-order valence-corrected chi connectivity index (χ3v) is 4.66. The van der Waals surface area contributed by atoms with Crippen LogP contribution in [0, 0.1) is 5.92 Å². The van der Waals surface area contributed by atoms with Gasteiger partial charge in [0.15, 0.2) is 5.65 Å². The summed E-state index contributed by atoms with van der Waals surface area (Å²) in [5.74, 6) is 4.80. The predicted octanol–water partition coefficient (Wildman–Crippen LogP) is 2.34. The fourth-order valence-corrected chi connectivity index (χ4v) is 3.56. The number of nitrogens with one attached hydrogen (secondary N) is 3. The quantitative estimate of drug-likeness (QED) is 0.758. The Morgan fingerprint density at radius 1 is 1.40 bits per heavy atom. The van der Waals surface area contributed by atoms with Crippen molar-refractivity contribution in [3.63, 3.8) is 0 Å². The van der Waals surface area contributed by atoms with Crippen molar-refractivity contribution in [3.05, 3.63) is 6.20 Å². The average Bonchev–Trinajstić information content (AvgIpc) is 3.13. The van der Waals surface area contributed by atoms with E-state index < -0.39 is 0 Å². The normalized spacial score (nSPS) is 18.6. The maximum Gasteiger partial charge on any atom is 0.226 e. The van der Waals surface area contributed by atoms with Crippen LogP contribution in [0.25, 0.3) is 11.0 Å². The third-order valence-electron chi connectivity index (χ3n) is 3.43. The molecule has 0 spiro atoms. The molecule has 0 saturated carbocycles. The molecular weight excluding hydrogens is 272 g/mol. The van der Waals surface area contributed by atoms with Crippen molar-refractivity contribution in [1.29, 1.82) is 0 Å². The average molecular weight is 292 g/mol. The summed E-state index contributed by atoms with van der Waals surface area (Å²) < 4.78 is 0. The molecule has 3 N–H and O–H groups in total. The summed E-state index contributed by atoms with van der Waals surface area (Å²) in [6.07, 6.45) is 4.12. The van der Waals surface area contributed by atoms with Crippen LogP contribution in [0.5, 0.6) is 0 Å². The summed E-state index contributed by atoms with van der Waals surface area (Å²) >= 11 is 2.03. The van der Waals surface area contributed by atoms with E-state index in [9.17, 15) is 0 Å². The molecule has 0 radical (unpaired) electrons. The Labute approximate surface area is 122 Å². The molecule has 0 amide bonds. The van der Waals surface area contributed by atoms with Crippen molar-refractivity contribution in [2.45, 2.75) is 19.8 Å². The molecule has 1 aliphatic heterocycles. The highest BCUT2D eigenvalue weighted by atomic mass is 32.2. The molecule has 0 bridgehead atoms. The second-order valence-corrected chi connectivity index (χ2v) is 6.22. The highest BCUT2D eigenvalue weighted by Gasteiger charge is 2.16. The predicted molar refractivity (Wildman–Crippen MR) is 84.4 cm³/mol. The fourth-order valence-electron chi connectivity index (χ4n) is 2.27. The van der Waals surface area contributed by atoms with Crippen LogP contribution in [0.2, 0.25) is 0 Å². The highest BCUT2D eigenvalue weighted by molar-refractivity contribution is 7.99. The Hall–Kier alpha value is -1.50. The molecule has 2 aromatic rings. The van der Waals surface area contributed by atoms with E-state index in [-0.39, 0.29) is 0 Å². The second-order valence-electron chi connectivity index (χ2n) is 5.07. The largest absolute Gasteiger partial charge is 0.369 e. The minimum Gasteiger partial charge on any atom is -0.369 e. The molecule has 1 aliphatic rings. The first-order chi connectivity index (χ1) is 9.86. The molecule has 1 saturated heterocycles. The molecule has 20 heavy (non-hydrogen) atoms. The maximum atomic E-state index is 4.57. The van der Waals surface area contributed by atoms with Gasteiger partial charge in [-0.25, -0.2) is 0 Å². The van der Waals surface area contributed by atoms with Gasteiger partial charge in [-0.3, -0.25) is 5.10 Å². The van der Waals surface area contributed by atoms with Gasteiger partial charge in [0.05, 0.1) is 11.6 Å². The van der Waals surface area contributed by atoms with Crippen LogP contribution in [-0.4, -0.2) is 44.8 Å². The number of fused-ring (bicyclic) bond motifs is 1. The van der Waals surface area contributed by atoms with E-state index in [1.54, 1.807) is 6.20 Å². The van der Waals surface area contributed by atoms with Gasteiger partial charge in [0, 0.05) is 13.1 Å². The number of aromatic amines is 1. The Morgan fingerprint density at radius 2 is 2.35 bits per heavy atom. The molecule has 108 valence electrons. The summed E-state index contributed by atoms with van der Waals surface area (Å²) in [5, 5.41) is 14.6. The summed E-state index contributed by atoms with van der Waals surface area (Å²) in [7, 11) is 0. The maximum absolute atomic E-state index is 4.57. The summed E-state index contributed by atoms with van der Waals surface area (Å²) in [4.78, 5) is 9.00. The Bertz CT molecular complexity index is 563. The van der Waals surface area contributed by atoms with Crippen LogP contribution in [0.1, 0.15) is 19.8 Å². The summed E-state index contributed by atoms with van der Waals surface area (Å²) in [6.45, 7) is 3.97. The number of rotatable bonds is 6. The molecule has 1 unspecified atom stereocenters. The monoisotopic (exact) mass is 292 g/mol.